The van der Waals surface area contributed by atoms with Crippen LogP contribution in [0.4, 0.5) is 0 Å². The van der Waals surface area contributed by atoms with Gasteiger partial charge in [0.1, 0.15) is 0 Å². The molecular weight excluding hydrogens is 480 g/mol. The van der Waals surface area contributed by atoms with Crippen molar-refractivity contribution in [1.29, 1.82) is 0 Å². The Balaban J connectivity index is -0.000000397. The van der Waals surface area contributed by atoms with E-state index in [4.69, 9.17) is 25.5 Å². The summed E-state index contributed by atoms with van der Waals surface area (Å²) < 4.78 is 0. The van der Waals surface area contributed by atoms with E-state index < -0.39 is 18.2 Å². The Bertz CT molecular complexity index is 353. The summed E-state index contributed by atoms with van der Waals surface area (Å²) in [5, 5.41) is 43.1. The summed E-state index contributed by atoms with van der Waals surface area (Å²) >= 11 is 3.39. The number of halogens is 1. The number of carboxylic acids is 2. The average molecular weight is 530 g/mol. The molecule has 0 aliphatic rings. The van der Waals surface area contributed by atoms with Crippen molar-refractivity contribution in [2.75, 3.05) is 11.9 Å². The molecule has 0 amide bonds. The molecule has 0 saturated heterocycles. The first-order valence-electron chi connectivity index (χ1n) is 12.3. The number of unbranched alkanes of at least 4 members (excludes halogenated alkanes) is 12. The molecule has 0 aromatic rings. The zero-order valence-corrected chi connectivity index (χ0v) is 21.7. The molecular formula is C24H49BrO7. The van der Waals surface area contributed by atoms with Crippen LogP contribution in [0.5, 0.6) is 0 Å². The molecule has 0 aliphatic carbocycles. The van der Waals surface area contributed by atoms with Gasteiger partial charge in [0.25, 0.3) is 0 Å². The summed E-state index contributed by atoms with van der Waals surface area (Å²) in [5.41, 5.74) is 0. The van der Waals surface area contributed by atoms with Crippen molar-refractivity contribution >= 4 is 27.9 Å². The molecule has 0 aliphatic heterocycles. The van der Waals surface area contributed by atoms with Crippen molar-refractivity contribution in [2.45, 2.75) is 129 Å². The van der Waals surface area contributed by atoms with Crippen molar-refractivity contribution in [3.8, 4) is 0 Å². The fourth-order valence-electron chi connectivity index (χ4n) is 2.75. The van der Waals surface area contributed by atoms with Crippen LogP contribution in [0.15, 0.2) is 0 Å². The molecule has 8 heteroatoms. The second-order valence-electron chi connectivity index (χ2n) is 7.92. The Hall–Kier alpha value is -0.700. The van der Waals surface area contributed by atoms with Crippen molar-refractivity contribution in [2.24, 2.45) is 0 Å². The van der Waals surface area contributed by atoms with E-state index in [9.17, 15) is 9.59 Å². The van der Waals surface area contributed by atoms with E-state index in [0.29, 0.717) is 25.9 Å². The summed E-state index contributed by atoms with van der Waals surface area (Å²) in [7, 11) is 0. The predicted molar refractivity (Wildman–Crippen MR) is 133 cm³/mol. The van der Waals surface area contributed by atoms with Gasteiger partial charge in [0.05, 0.1) is 0 Å². The maximum absolute atomic E-state index is 10.0. The summed E-state index contributed by atoms with van der Waals surface area (Å²) in [6.45, 7) is 2.53. The lowest BCUT2D eigenvalue weighted by Crippen LogP contribution is -2.02. The SMILES string of the molecule is CCCCCCCC(O)O.O=C(O)CCCCCCC(=O)O.OCCCCCCCCBr. The summed E-state index contributed by atoms with van der Waals surface area (Å²) in [4.78, 5) is 20.1. The molecule has 194 valence electrons. The van der Waals surface area contributed by atoms with Gasteiger partial charge < -0.3 is 25.5 Å². The van der Waals surface area contributed by atoms with Gasteiger partial charge in [-0.2, -0.15) is 0 Å². The number of aliphatic hydroxyl groups is 3. The molecule has 0 spiro atoms. The van der Waals surface area contributed by atoms with Crippen LogP contribution in [0.3, 0.4) is 0 Å². The lowest BCUT2D eigenvalue weighted by molar-refractivity contribution is -0.138. The van der Waals surface area contributed by atoms with Gasteiger partial charge in [-0.1, -0.05) is 87.1 Å². The van der Waals surface area contributed by atoms with Crippen LogP contribution in [0.25, 0.3) is 0 Å². The fourth-order valence-corrected chi connectivity index (χ4v) is 3.15. The summed E-state index contributed by atoms with van der Waals surface area (Å²) in [6, 6.07) is 0. The minimum Gasteiger partial charge on any atom is -0.481 e. The molecule has 0 saturated carbocycles. The van der Waals surface area contributed by atoms with Crippen LogP contribution in [0, 0.1) is 0 Å². The second kappa shape index (κ2) is 32.5. The monoisotopic (exact) mass is 528 g/mol. The van der Waals surface area contributed by atoms with Crippen LogP contribution in [0.1, 0.15) is 122 Å². The maximum Gasteiger partial charge on any atom is 0.303 e. The minimum absolute atomic E-state index is 0.188. The first kappa shape index (κ1) is 35.9. The highest BCUT2D eigenvalue weighted by atomic mass is 79.9. The van der Waals surface area contributed by atoms with E-state index >= 15 is 0 Å². The Labute approximate surface area is 203 Å². The largest absolute Gasteiger partial charge is 0.481 e. The molecule has 5 N–H and O–H groups in total. The van der Waals surface area contributed by atoms with Crippen molar-refractivity contribution in [3.05, 3.63) is 0 Å². The van der Waals surface area contributed by atoms with E-state index in [1.165, 1.54) is 51.4 Å². The van der Waals surface area contributed by atoms with Gasteiger partial charge in [0.2, 0.25) is 0 Å². The topological polar surface area (TPSA) is 135 Å². The van der Waals surface area contributed by atoms with Gasteiger partial charge in [0.15, 0.2) is 6.29 Å². The molecule has 0 bridgehead atoms. The number of aliphatic hydroxyl groups excluding tert-OH is 2. The molecule has 7 nitrogen and oxygen atoms in total. The van der Waals surface area contributed by atoms with Gasteiger partial charge in [-0.15, -0.1) is 0 Å². The van der Waals surface area contributed by atoms with Crippen molar-refractivity contribution in [1.82, 2.24) is 0 Å². The molecule has 0 aromatic carbocycles. The van der Waals surface area contributed by atoms with E-state index in [0.717, 1.165) is 37.4 Å². The maximum atomic E-state index is 10.0. The normalized spacial score (nSPS) is 10.2. The highest BCUT2D eigenvalue weighted by Crippen LogP contribution is 2.07. The summed E-state index contributed by atoms with van der Waals surface area (Å²) in [6.07, 6.45) is 15.9. The third-order valence-corrected chi connectivity index (χ3v) is 5.20. The molecule has 0 heterocycles. The number of hydrogen-bond acceptors (Lipinski definition) is 5. The quantitative estimate of drug-likeness (QED) is 0.0756. The van der Waals surface area contributed by atoms with Crippen molar-refractivity contribution < 1.29 is 35.1 Å². The van der Waals surface area contributed by atoms with Crippen LogP contribution in [-0.4, -0.2) is 55.7 Å². The smallest absolute Gasteiger partial charge is 0.303 e. The molecule has 0 atom stereocenters. The molecule has 0 rings (SSSR count). The second-order valence-corrected chi connectivity index (χ2v) is 8.71. The van der Waals surface area contributed by atoms with Crippen molar-refractivity contribution in [3.63, 3.8) is 0 Å². The zero-order chi connectivity index (χ0) is 24.9. The van der Waals surface area contributed by atoms with E-state index in [1.807, 2.05) is 0 Å². The summed E-state index contributed by atoms with van der Waals surface area (Å²) in [5.74, 6) is -1.57. The van der Waals surface area contributed by atoms with Gasteiger partial charge in [-0.05, 0) is 38.5 Å². The lowest BCUT2D eigenvalue weighted by atomic mass is 10.1. The Morgan fingerprint density at radius 2 is 1.06 bits per heavy atom. The standard InChI is InChI=1S/C8H17BrO.C8H14O4.C8H18O2/c9-7-5-3-1-2-4-6-8-10;9-7(10)5-3-1-2-4-6-8(11)12;1-2-3-4-5-6-7-8(9)10/h10H,1-8H2;1-6H2,(H,9,10)(H,11,12);8-10H,2-7H2,1H3. The van der Waals surface area contributed by atoms with Gasteiger partial charge in [0, 0.05) is 24.8 Å². The number of alkyl halides is 1. The predicted octanol–water partition coefficient (Wildman–Crippen LogP) is 5.87. The Kier molecular flexibility index (Phi) is 36.4. The molecule has 0 unspecified atom stereocenters. The first-order valence-corrected chi connectivity index (χ1v) is 13.4. The highest BCUT2D eigenvalue weighted by molar-refractivity contribution is 9.09. The average Bonchev–Trinajstić information content (AvgIpc) is 2.73. The molecule has 0 radical (unpaired) electrons. The lowest BCUT2D eigenvalue weighted by Gasteiger charge is -2.01. The van der Waals surface area contributed by atoms with Crippen LogP contribution in [0.2, 0.25) is 0 Å². The Morgan fingerprint density at radius 3 is 1.47 bits per heavy atom. The van der Waals surface area contributed by atoms with Crippen LogP contribution >= 0.6 is 15.9 Å². The van der Waals surface area contributed by atoms with E-state index in [-0.39, 0.29) is 12.8 Å². The number of carbonyl (C=O) groups is 2. The minimum atomic E-state index is -1.10. The number of carboxylic acid groups (broad SMARTS) is 2. The zero-order valence-electron chi connectivity index (χ0n) is 20.2. The molecule has 0 fully saturated rings. The Morgan fingerprint density at radius 1 is 0.656 bits per heavy atom. The van der Waals surface area contributed by atoms with E-state index in [2.05, 4.69) is 22.9 Å². The van der Waals surface area contributed by atoms with Gasteiger partial charge >= 0.3 is 11.9 Å². The fraction of sp³-hybridized carbons (Fsp3) is 0.917. The van der Waals surface area contributed by atoms with Crippen LogP contribution in [-0.2, 0) is 9.59 Å². The third-order valence-electron chi connectivity index (χ3n) is 4.64. The molecule has 32 heavy (non-hydrogen) atoms. The van der Waals surface area contributed by atoms with Gasteiger partial charge in [-0.3, -0.25) is 9.59 Å². The third kappa shape index (κ3) is 47.2. The number of rotatable bonds is 20. The van der Waals surface area contributed by atoms with Crippen LogP contribution < -0.4 is 0 Å². The molecule has 0 aromatic heterocycles. The van der Waals surface area contributed by atoms with Gasteiger partial charge in [-0.25, -0.2) is 0 Å². The number of aliphatic carboxylic acids is 2. The highest BCUT2D eigenvalue weighted by Gasteiger charge is 1.98. The first-order chi connectivity index (χ1) is 15.3. The number of hydrogen-bond donors (Lipinski definition) is 5. The van der Waals surface area contributed by atoms with E-state index in [1.54, 1.807) is 0 Å².